The molecule has 0 aromatic heterocycles. The zero-order chi connectivity index (χ0) is 16.8. The summed E-state index contributed by atoms with van der Waals surface area (Å²) in [7, 11) is 0. The highest BCUT2D eigenvalue weighted by Crippen LogP contribution is 2.85. The number of esters is 1. The molecule has 24 heavy (non-hydrogen) atoms. The Morgan fingerprint density at radius 2 is 1.62 bits per heavy atom. The predicted octanol–water partition coefficient (Wildman–Crippen LogP) is 4.73. The summed E-state index contributed by atoms with van der Waals surface area (Å²) in [6.45, 7) is 6.78. The smallest absolute Gasteiger partial charge is 0.302 e. The van der Waals surface area contributed by atoms with Crippen LogP contribution in [0.4, 0.5) is 0 Å². The standard InChI is InChI=1S/C18H26O2S4/c1-11(19)20-13-8-14-15(2)9-12(13)18(23-6-7-24-18)16(14,3)10-17(15)21-4-5-22-17/h12-14H,4-10H2,1-3H3/t12-,13+,14-,15+,16+/m0/s1. The summed E-state index contributed by atoms with van der Waals surface area (Å²) in [6, 6.07) is 0. The third kappa shape index (κ3) is 1.80. The highest BCUT2D eigenvalue weighted by atomic mass is 32.2. The van der Waals surface area contributed by atoms with E-state index in [0.717, 1.165) is 6.42 Å². The van der Waals surface area contributed by atoms with Gasteiger partial charge < -0.3 is 4.74 Å². The first-order chi connectivity index (χ1) is 11.4. The average molecular weight is 403 g/mol. The molecule has 0 radical (unpaired) electrons. The Labute approximate surface area is 162 Å². The molecule has 6 rings (SSSR count). The van der Waals surface area contributed by atoms with Gasteiger partial charge in [-0.15, -0.1) is 47.0 Å². The molecule has 2 saturated heterocycles. The second kappa shape index (κ2) is 5.23. The Morgan fingerprint density at radius 3 is 2.25 bits per heavy atom. The van der Waals surface area contributed by atoms with Crippen molar-refractivity contribution >= 4 is 53.0 Å². The van der Waals surface area contributed by atoms with Gasteiger partial charge in [0.25, 0.3) is 0 Å². The Kier molecular flexibility index (Phi) is 3.70. The lowest BCUT2D eigenvalue weighted by molar-refractivity contribution is -0.169. The van der Waals surface area contributed by atoms with Gasteiger partial charge >= 0.3 is 5.97 Å². The quantitative estimate of drug-likeness (QED) is 0.589. The van der Waals surface area contributed by atoms with Crippen molar-refractivity contribution in [3.63, 3.8) is 0 Å². The summed E-state index contributed by atoms with van der Waals surface area (Å²) in [6.07, 6.45) is 3.87. The Bertz CT molecular complexity index is 584. The molecule has 134 valence electrons. The summed E-state index contributed by atoms with van der Waals surface area (Å²) in [5.41, 5.74) is 0.793. The number of hydrogen-bond acceptors (Lipinski definition) is 6. The lowest BCUT2D eigenvalue weighted by Crippen LogP contribution is -2.64. The topological polar surface area (TPSA) is 26.3 Å². The second-order valence-electron chi connectivity index (χ2n) is 8.57. The predicted molar refractivity (Wildman–Crippen MR) is 108 cm³/mol. The van der Waals surface area contributed by atoms with Gasteiger partial charge in [0.2, 0.25) is 0 Å². The molecule has 4 saturated carbocycles. The van der Waals surface area contributed by atoms with Crippen molar-refractivity contribution in [3.05, 3.63) is 0 Å². The van der Waals surface area contributed by atoms with Gasteiger partial charge in [-0.1, -0.05) is 13.8 Å². The molecule has 0 amide bonds. The van der Waals surface area contributed by atoms with Gasteiger partial charge in [0.05, 0.1) is 8.16 Å². The van der Waals surface area contributed by atoms with Gasteiger partial charge in [0.15, 0.2) is 0 Å². The van der Waals surface area contributed by atoms with Crippen LogP contribution in [0, 0.1) is 22.7 Å². The Morgan fingerprint density at radius 1 is 1.00 bits per heavy atom. The van der Waals surface area contributed by atoms with Crippen LogP contribution in [0.5, 0.6) is 0 Å². The lowest BCUT2D eigenvalue weighted by Gasteiger charge is -2.65. The highest BCUT2D eigenvalue weighted by molar-refractivity contribution is 8.22. The maximum atomic E-state index is 11.7. The van der Waals surface area contributed by atoms with E-state index in [1.165, 1.54) is 35.9 Å². The largest absolute Gasteiger partial charge is 0.462 e. The van der Waals surface area contributed by atoms with Gasteiger partial charge in [-0.25, -0.2) is 0 Å². The lowest BCUT2D eigenvalue weighted by atomic mass is 9.50. The summed E-state index contributed by atoms with van der Waals surface area (Å²) in [4.78, 5) is 11.7. The fourth-order valence-corrected chi connectivity index (χ4v) is 15.1. The van der Waals surface area contributed by atoms with Crippen molar-refractivity contribution in [3.8, 4) is 0 Å². The van der Waals surface area contributed by atoms with E-state index in [-0.39, 0.29) is 16.2 Å². The van der Waals surface area contributed by atoms with Crippen LogP contribution >= 0.6 is 47.0 Å². The first-order valence-corrected chi connectivity index (χ1v) is 13.0. The van der Waals surface area contributed by atoms with E-state index in [1.807, 2.05) is 0 Å². The maximum Gasteiger partial charge on any atom is 0.302 e. The van der Waals surface area contributed by atoms with E-state index in [0.29, 0.717) is 26.7 Å². The normalized spacial score (nSPS) is 50.0. The third-order valence-corrected chi connectivity index (χ3v) is 15.8. The molecule has 6 fully saturated rings. The number of ether oxygens (including phenoxy) is 1. The number of rotatable bonds is 1. The maximum absolute atomic E-state index is 11.7. The molecule has 2 spiro atoms. The molecule has 2 nitrogen and oxygen atoms in total. The van der Waals surface area contributed by atoms with Crippen LogP contribution in [-0.2, 0) is 9.53 Å². The van der Waals surface area contributed by atoms with E-state index >= 15 is 0 Å². The van der Waals surface area contributed by atoms with Crippen molar-refractivity contribution in [1.82, 2.24) is 0 Å². The summed E-state index contributed by atoms with van der Waals surface area (Å²) < 4.78 is 6.59. The van der Waals surface area contributed by atoms with Crippen LogP contribution in [-0.4, -0.2) is 43.2 Å². The van der Waals surface area contributed by atoms with Gasteiger partial charge in [-0.3, -0.25) is 4.79 Å². The Balaban J connectivity index is 1.63. The van der Waals surface area contributed by atoms with E-state index in [1.54, 1.807) is 6.92 Å². The minimum Gasteiger partial charge on any atom is -0.462 e. The molecule has 0 aromatic carbocycles. The minimum absolute atomic E-state index is 0.0855. The molecular formula is C18H26O2S4. The van der Waals surface area contributed by atoms with Gasteiger partial charge in [-0.05, 0) is 36.0 Å². The van der Waals surface area contributed by atoms with Crippen molar-refractivity contribution in [2.45, 2.75) is 54.3 Å². The molecule has 0 aromatic rings. The van der Waals surface area contributed by atoms with Crippen molar-refractivity contribution < 1.29 is 9.53 Å². The van der Waals surface area contributed by atoms with E-state index in [2.05, 4.69) is 60.9 Å². The zero-order valence-electron chi connectivity index (χ0n) is 14.6. The number of fused-ring (bicyclic) bond motifs is 1. The molecule has 6 aliphatic rings. The fourth-order valence-electron chi connectivity index (χ4n) is 6.95. The SMILES string of the molecule is CC(=O)O[C@@H]1C[C@H]2[C@@]3(C)C[C@@H]1C1(SCCS1)[C@]2(C)CC31SCCS1. The Hall–Kier alpha value is 0.870. The van der Waals surface area contributed by atoms with Crippen molar-refractivity contribution in [2.75, 3.05) is 23.0 Å². The summed E-state index contributed by atoms with van der Waals surface area (Å²) >= 11 is 8.94. The molecule has 6 heteroatoms. The number of carbonyl (C=O) groups is 1. The van der Waals surface area contributed by atoms with Crippen LogP contribution in [0.25, 0.3) is 0 Å². The monoisotopic (exact) mass is 402 g/mol. The molecule has 2 heterocycles. The second-order valence-corrected chi connectivity index (χ2v) is 14.6. The number of thioether (sulfide) groups is 4. The number of hydrogen-bond donors (Lipinski definition) is 0. The zero-order valence-corrected chi connectivity index (χ0v) is 17.9. The first kappa shape index (κ1) is 17.0. The van der Waals surface area contributed by atoms with Gasteiger partial charge in [0.1, 0.15) is 6.10 Å². The van der Waals surface area contributed by atoms with Crippen LogP contribution in [0.3, 0.4) is 0 Å². The van der Waals surface area contributed by atoms with E-state index in [4.69, 9.17) is 4.74 Å². The molecule has 5 atom stereocenters. The van der Waals surface area contributed by atoms with Gasteiger partial charge in [0, 0.05) is 35.9 Å². The summed E-state index contributed by atoms with van der Waals surface area (Å²) in [5.74, 6) is 6.29. The fraction of sp³-hybridized carbons (Fsp3) is 0.944. The molecule has 0 unspecified atom stereocenters. The molecule has 2 aliphatic heterocycles. The van der Waals surface area contributed by atoms with E-state index < -0.39 is 0 Å². The van der Waals surface area contributed by atoms with Crippen molar-refractivity contribution in [2.24, 2.45) is 22.7 Å². The van der Waals surface area contributed by atoms with Crippen molar-refractivity contribution in [1.29, 1.82) is 0 Å². The molecular weight excluding hydrogens is 376 g/mol. The minimum atomic E-state index is -0.0855. The van der Waals surface area contributed by atoms with Crippen LogP contribution < -0.4 is 0 Å². The molecule has 0 N–H and O–H groups in total. The molecule has 4 bridgehead atoms. The highest BCUT2D eigenvalue weighted by Gasteiger charge is 2.81. The third-order valence-electron chi connectivity index (χ3n) is 7.64. The molecule has 4 aliphatic carbocycles. The van der Waals surface area contributed by atoms with Crippen LogP contribution in [0.15, 0.2) is 0 Å². The average Bonchev–Trinajstić information content (AvgIpc) is 3.19. The summed E-state index contributed by atoms with van der Waals surface area (Å²) in [5, 5.41) is 0. The van der Waals surface area contributed by atoms with Crippen LogP contribution in [0.1, 0.15) is 40.0 Å². The van der Waals surface area contributed by atoms with Gasteiger partial charge in [-0.2, -0.15) is 0 Å². The first-order valence-electron chi connectivity index (χ1n) is 9.10. The number of carbonyl (C=O) groups excluding carboxylic acids is 1. The van der Waals surface area contributed by atoms with Crippen LogP contribution in [0.2, 0.25) is 0 Å². The van der Waals surface area contributed by atoms with E-state index in [9.17, 15) is 4.79 Å².